The summed E-state index contributed by atoms with van der Waals surface area (Å²) in [5.41, 5.74) is -0.474. The molecule has 0 unspecified atom stereocenters. The van der Waals surface area contributed by atoms with E-state index in [2.05, 4.69) is 36.3 Å². The molecule has 0 aromatic heterocycles. The van der Waals surface area contributed by atoms with Crippen molar-refractivity contribution in [3.8, 4) is 0 Å². The van der Waals surface area contributed by atoms with Crippen LogP contribution >= 0.6 is 0 Å². The van der Waals surface area contributed by atoms with E-state index in [0.717, 1.165) is 19.5 Å². The van der Waals surface area contributed by atoms with Gasteiger partial charge >= 0.3 is 6.03 Å². The number of piperidine rings is 1. The molecule has 5 nitrogen and oxygen atoms in total. The molecule has 2 saturated heterocycles. The second-order valence-corrected chi connectivity index (χ2v) is 5.64. The standard InChI is InChI=1S/C12H21N3O2/c1-4-11(2,3)15-7-5-12(6-8-15)9(16)13-10(17)14-12/h4-8H2,1-3H3,(H2,13,14,16,17). The Bertz CT molecular complexity index is 344. The second kappa shape index (κ2) is 3.98. The van der Waals surface area contributed by atoms with Gasteiger partial charge in [-0.15, -0.1) is 0 Å². The van der Waals surface area contributed by atoms with Crippen LogP contribution in [0.3, 0.4) is 0 Å². The fourth-order valence-corrected chi connectivity index (χ4v) is 2.60. The summed E-state index contributed by atoms with van der Waals surface area (Å²) < 4.78 is 0. The Hall–Kier alpha value is -1.10. The number of carbonyl (C=O) groups is 2. The highest BCUT2D eigenvalue weighted by Gasteiger charge is 2.48. The van der Waals surface area contributed by atoms with Crippen molar-refractivity contribution >= 4 is 11.9 Å². The lowest BCUT2D eigenvalue weighted by Gasteiger charge is -2.45. The van der Waals surface area contributed by atoms with Gasteiger partial charge in [-0.1, -0.05) is 6.92 Å². The van der Waals surface area contributed by atoms with Gasteiger partial charge in [0.2, 0.25) is 0 Å². The summed E-state index contributed by atoms with van der Waals surface area (Å²) in [6, 6.07) is -0.349. The number of carbonyl (C=O) groups excluding carboxylic acids is 2. The first-order valence-electron chi connectivity index (χ1n) is 6.28. The highest BCUT2D eigenvalue weighted by Crippen LogP contribution is 2.30. The molecule has 1 spiro atoms. The Morgan fingerprint density at radius 2 is 1.88 bits per heavy atom. The van der Waals surface area contributed by atoms with Crippen LogP contribution in [0.15, 0.2) is 0 Å². The lowest BCUT2D eigenvalue weighted by molar-refractivity contribution is -0.126. The number of amides is 3. The molecule has 0 saturated carbocycles. The summed E-state index contributed by atoms with van der Waals surface area (Å²) in [7, 11) is 0. The molecule has 3 amide bonds. The number of imide groups is 1. The maximum absolute atomic E-state index is 11.8. The SMILES string of the molecule is CCC(C)(C)N1CCC2(CC1)NC(=O)NC2=O. The van der Waals surface area contributed by atoms with E-state index in [4.69, 9.17) is 0 Å². The molecule has 17 heavy (non-hydrogen) atoms. The third-order valence-electron chi connectivity index (χ3n) is 4.35. The van der Waals surface area contributed by atoms with Gasteiger partial charge in [0.15, 0.2) is 0 Å². The fourth-order valence-electron chi connectivity index (χ4n) is 2.60. The number of nitrogens with zero attached hydrogens (tertiary/aromatic N) is 1. The Morgan fingerprint density at radius 3 is 2.29 bits per heavy atom. The molecule has 2 heterocycles. The third kappa shape index (κ3) is 2.04. The first kappa shape index (κ1) is 12.4. The van der Waals surface area contributed by atoms with Crippen molar-refractivity contribution < 1.29 is 9.59 Å². The molecule has 2 N–H and O–H groups in total. The number of urea groups is 1. The summed E-state index contributed by atoms with van der Waals surface area (Å²) >= 11 is 0. The molecule has 0 radical (unpaired) electrons. The van der Waals surface area contributed by atoms with Gasteiger partial charge in [-0.25, -0.2) is 4.79 Å². The molecule has 0 aliphatic carbocycles. The van der Waals surface area contributed by atoms with E-state index in [1.165, 1.54) is 0 Å². The number of rotatable bonds is 2. The number of hydrogen-bond donors (Lipinski definition) is 2. The number of nitrogens with one attached hydrogen (secondary N) is 2. The smallest absolute Gasteiger partial charge is 0.322 e. The largest absolute Gasteiger partial charge is 0.323 e. The summed E-state index contributed by atoms with van der Waals surface area (Å²) in [6.45, 7) is 8.33. The van der Waals surface area contributed by atoms with E-state index in [1.54, 1.807) is 0 Å². The van der Waals surface area contributed by atoms with E-state index in [9.17, 15) is 9.59 Å². The molecular formula is C12H21N3O2. The minimum Gasteiger partial charge on any atom is -0.323 e. The lowest BCUT2D eigenvalue weighted by Crippen LogP contribution is -2.58. The molecule has 2 fully saturated rings. The van der Waals surface area contributed by atoms with Crippen molar-refractivity contribution in [3.63, 3.8) is 0 Å². The van der Waals surface area contributed by atoms with E-state index in [0.29, 0.717) is 12.8 Å². The highest BCUT2D eigenvalue weighted by molar-refractivity contribution is 6.07. The average Bonchev–Trinajstić information content (AvgIpc) is 2.54. The van der Waals surface area contributed by atoms with E-state index >= 15 is 0 Å². The molecule has 2 rings (SSSR count). The minimum absolute atomic E-state index is 0.156. The van der Waals surface area contributed by atoms with Crippen LogP contribution in [-0.2, 0) is 4.79 Å². The number of hydrogen-bond acceptors (Lipinski definition) is 3. The third-order valence-corrected chi connectivity index (χ3v) is 4.35. The van der Waals surface area contributed by atoms with Crippen LogP contribution in [0.4, 0.5) is 4.79 Å². The molecule has 2 aliphatic heterocycles. The summed E-state index contributed by atoms with van der Waals surface area (Å²) in [5, 5.41) is 5.12. The molecule has 0 aromatic carbocycles. The van der Waals surface area contributed by atoms with Gasteiger partial charge in [0.05, 0.1) is 0 Å². The van der Waals surface area contributed by atoms with Crippen LogP contribution in [-0.4, -0.2) is 41.0 Å². The van der Waals surface area contributed by atoms with Gasteiger partial charge in [-0.3, -0.25) is 15.0 Å². The Balaban J connectivity index is 2.03. The summed E-state index contributed by atoms with van der Waals surface area (Å²) in [5.74, 6) is -0.156. The molecule has 96 valence electrons. The Morgan fingerprint density at radius 1 is 1.29 bits per heavy atom. The van der Waals surface area contributed by atoms with Crippen LogP contribution in [0.25, 0.3) is 0 Å². The molecule has 5 heteroatoms. The van der Waals surface area contributed by atoms with Gasteiger partial charge in [-0.2, -0.15) is 0 Å². The quantitative estimate of drug-likeness (QED) is 0.702. The Labute approximate surface area is 102 Å². The molecule has 2 aliphatic rings. The maximum atomic E-state index is 11.8. The predicted molar refractivity (Wildman–Crippen MR) is 64.6 cm³/mol. The van der Waals surface area contributed by atoms with Gasteiger partial charge in [0, 0.05) is 18.6 Å². The van der Waals surface area contributed by atoms with Crippen molar-refractivity contribution in [1.29, 1.82) is 0 Å². The fraction of sp³-hybridized carbons (Fsp3) is 0.833. The van der Waals surface area contributed by atoms with E-state index < -0.39 is 5.54 Å². The Kier molecular flexibility index (Phi) is 2.89. The summed E-state index contributed by atoms with van der Waals surface area (Å²) in [4.78, 5) is 25.4. The van der Waals surface area contributed by atoms with Gasteiger partial charge < -0.3 is 5.32 Å². The van der Waals surface area contributed by atoms with Crippen molar-refractivity contribution in [2.75, 3.05) is 13.1 Å². The van der Waals surface area contributed by atoms with Crippen LogP contribution in [0.2, 0.25) is 0 Å². The molecular weight excluding hydrogens is 218 g/mol. The molecule has 0 aromatic rings. The van der Waals surface area contributed by atoms with Gasteiger partial charge in [0.1, 0.15) is 5.54 Å². The zero-order chi connectivity index (χ0) is 12.7. The predicted octanol–water partition coefficient (Wildman–Crippen LogP) is 0.849. The first-order chi connectivity index (χ1) is 7.89. The number of likely N-dealkylation sites (tertiary alicyclic amines) is 1. The van der Waals surface area contributed by atoms with Crippen LogP contribution in [0.1, 0.15) is 40.0 Å². The zero-order valence-corrected chi connectivity index (χ0v) is 10.8. The average molecular weight is 239 g/mol. The molecule has 0 atom stereocenters. The van der Waals surface area contributed by atoms with Crippen molar-refractivity contribution in [3.05, 3.63) is 0 Å². The topological polar surface area (TPSA) is 61.4 Å². The van der Waals surface area contributed by atoms with Gasteiger partial charge in [-0.05, 0) is 33.1 Å². The first-order valence-corrected chi connectivity index (χ1v) is 6.28. The lowest BCUT2D eigenvalue weighted by atomic mass is 9.85. The van der Waals surface area contributed by atoms with Crippen LogP contribution in [0, 0.1) is 0 Å². The van der Waals surface area contributed by atoms with Gasteiger partial charge in [0.25, 0.3) is 5.91 Å². The highest BCUT2D eigenvalue weighted by atomic mass is 16.2. The van der Waals surface area contributed by atoms with Crippen LogP contribution in [0.5, 0.6) is 0 Å². The maximum Gasteiger partial charge on any atom is 0.322 e. The van der Waals surface area contributed by atoms with Crippen molar-refractivity contribution in [2.45, 2.75) is 51.1 Å². The van der Waals surface area contributed by atoms with Crippen molar-refractivity contribution in [2.24, 2.45) is 0 Å². The minimum atomic E-state index is -0.641. The molecule has 0 bridgehead atoms. The van der Waals surface area contributed by atoms with Crippen molar-refractivity contribution in [1.82, 2.24) is 15.5 Å². The zero-order valence-electron chi connectivity index (χ0n) is 10.8. The second-order valence-electron chi connectivity index (χ2n) is 5.64. The monoisotopic (exact) mass is 239 g/mol. The normalized spacial score (nSPS) is 24.9. The van der Waals surface area contributed by atoms with E-state index in [1.807, 2.05) is 0 Å². The van der Waals surface area contributed by atoms with Crippen LogP contribution < -0.4 is 10.6 Å². The summed E-state index contributed by atoms with van der Waals surface area (Å²) in [6.07, 6.45) is 2.49. The van der Waals surface area contributed by atoms with E-state index in [-0.39, 0.29) is 17.5 Å².